The maximum absolute atomic E-state index is 11.9. The number of carbonyl (C=O) groups is 1. The van der Waals surface area contributed by atoms with Gasteiger partial charge in [-0.25, -0.2) is 5.43 Å². The number of para-hydroxylation sites is 1. The smallest absolute Gasteiger partial charge is 0.277 e. The van der Waals surface area contributed by atoms with E-state index in [1.165, 1.54) is 6.21 Å². The number of hydrazone groups is 1. The van der Waals surface area contributed by atoms with Gasteiger partial charge in [-0.05, 0) is 43.5 Å². The number of furan rings is 1. The zero-order valence-electron chi connectivity index (χ0n) is 14.8. The lowest BCUT2D eigenvalue weighted by atomic mass is 9.94. The lowest BCUT2D eigenvalue weighted by Crippen LogP contribution is -2.24. The Morgan fingerprint density at radius 1 is 1.19 bits per heavy atom. The Kier molecular flexibility index (Phi) is 4.78. The Morgan fingerprint density at radius 2 is 2.00 bits per heavy atom. The lowest BCUT2D eigenvalue weighted by Gasteiger charge is -2.09. The minimum Gasteiger partial charge on any atom is -0.507 e. The van der Waals surface area contributed by atoms with Crippen LogP contribution < -0.4 is 10.2 Å². The number of ether oxygens (including phenoxy) is 1. The molecule has 6 nitrogen and oxygen atoms in total. The zero-order valence-corrected chi connectivity index (χ0v) is 14.8. The van der Waals surface area contributed by atoms with E-state index in [4.69, 9.17) is 9.15 Å². The van der Waals surface area contributed by atoms with Crippen LogP contribution in [0.15, 0.2) is 52.0 Å². The van der Waals surface area contributed by atoms with Crippen molar-refractivity contribution in [2.24, 2.45) is 5.10 Å². The number of benzene rings is 2. The van der Waals surface area contributed by atoms with Gasteiger partial charge in [0, 0.05) is 22.9 Å². The molecule has 0 saturated carbocycles. The second kappa shape index (κ2) is 7.53. The van der Waals surface area contributed by atoms with E-state index in [9.17, 15) is 9.90 Å². The SMILES string of the molecule is O=C(COc1ccccc1)NN=Cc1c(O)ccc2oc3c(c12)CCCC3. The van der Waals surface area contributed by atoms with Crippen LogP contribution >= 0.6 is 0 Å². The van der Waals surface area contributed by atoms with Gasteiger partial charge in [0.2, 0.25) is 0 Å². The van der Waals surface area contributed by atoms with E-state index in [1.54, 1.807) is 24.3 Å². The summed E-state index contributed by atoms with van der Waals surface area (Å²) in [5, 5.41) is 15.1. The first kappa shape index (κ1) is 17.1. The first-order chi connectivity index (χ1) is 13.2. The van der Waals surface area contributed by atoms with Crippen molar-refractivity contribution in [3.63, 3.8) is 0 Å². The zero-order chi connectivity index (χ0) is 18.6. The number of fused-ring (bicyclic) bond motifs is 3. The van der Waals surface area contributed by atoms with Gasteiger partial charge in [-0.3, -0.25) is 4.79 Å². The maximum Gasteiger partial charge on any atom is 0.277 e. The molecule has 138 valence electrons. The van der Waals surface area contributed by atoms with Crippen LogP contribution in [-0.4, -0.2) is 23.8 Å². The largest absolute Gasteiger partial charge is 0.507 e. The highest BCUT2D eigenvalue weighted by molar-refractivity contribution is 6.03. The van der Waals surface area contributed by atoms with E-state index in [0.29, 0.717) is 11.3 Å². The van der Waals surface area contributed by atoms with Gasteiger partial charge in [0.25, 0.3) is 5.91 Å². The molecular formula is C21H20N2O4. The molecule has 0 aliphatic heterocycles. The fourth-order valence-electron chi connectivity index (χ4n) is 3.37. The van der Waals surface area contributed by atoms with Crippen molar-refractivity contribution in [3.8, 4) is 11.5 Å². The van der Waals surface area contributed by atoms with E-state index in [-0.39, 0.29) is 18.3 Å². The molecule has 27 heavy (non-hydrogen) atoms. The average molecular weight is 364 g/mol. The van der Waals surface area contributed by atoms with Crippen molar-refractivity contribution < 1.29 is 19.1 Å². The van der Waals surface area contributed by atoms with Crippen LogP contribution in [0.25, 0.3) is 11.0 Å². The third-order valence-corrected chi connectivity index (χ3v) is 4.63. The Labute approximate surface area is 156 Å². The second-order valence-electron chi connectivity index (χ2n) is 6.48. The van der Waals surface area contributed by atoms with Gasteiger partial charge in [-0.15, -0.1) is 0 Å². The molecule has 1 heterocycles. The molecule has 2 N–H and O–H groups in total. The summed E-state index contributed by atoms with van der Waals surface area (Å²) in [6.45, 7) is -0.140. The van der Waals surface area contributed by atoms with Gasteiger partial charge in [0.1, 0.15) is 22.8 Å². The standard InChI is InChI=1S/C21H20N2O4/c24-17-10-11-19-21(15-8-4-5-9-18(15)27-19)16(17)12-22-23-20(25)13-26-14-6-2-1-3-7-14/h1-3,6-7,10-12,24H,4-5,8-9,13H2,(H,23,25). The Morgan fingerprint density at radius 3 is 2.85 bits per heavy atom. The molecule has 0 bridgehead atoms. The topological polar surface area (TPSA) is 84.1 Å². The van der Waals surface area contributed by atoms with Gasteiger partial charge in [-0.2, -0.15) is 5.10 Å². The molecule has 0 fully saturated rings. The number of aryl methyl sites for hydroxylation is 2. The Hall–Kier alpha value is -3.28. The fraction of sp³-hybridized carbons (Fsp3) is 0.238. The van der Waals surface area contributed by atoms with E-state index in [1.807, 2.05) is 18.2 Å². The van der Waals surface area contributed by atoms with Crippen molar-refractivity contribution in [2.75, 3.05) is 6.61 Å². The van der Waals surface area contributed by atoms with Crippen LogP contribution in [0.5, 0.6) is 11.5 Å². The minimum atomic E-state index is -0.379. The van der Waals surface area contributed by atoms with Crippen molar-refractivity contribution in [1.82, 2.24) is 5.43 Å². The van der Waals surface area contributed by atoms with E-state index < -0.39 is 0 Å². The summed E-state index contributed by atoms with van der Waals surface area (Å²) < 4.78 is 11.3. The monoisotopic (exact) mass is 364 g/mol. The van der Waals surface area contributed by atoms with E-state index in [2.05, 4.69) is 10.5 Å². The number of hydrogen-bond donors (Lipinski definition) is 2. The summed E-state index contributed by atoms with van der Waals surface area (Å²) in [6, 6.07) is 12.4. The summed E-state index contributed by atoms with van der Waals surface area (Å²) >= 11 is 0. The van der Waals surface area contributed by atoms with E-state index >= 15 is 0 Å². The van der Waals surface area contributed by atoms with Crippen LogP contribution in [0, 0.1) is 0 Å². The number of hydrogen-bond acceptors (Lipinski definition) is 5. The van der Waals surface area contributed by atoms with Gasteiger partial charge in [-0.1, -0.05) is 18.2 Å². The van der Waals surface area contributed by atoms with E-state index in [0.717, 1.165) is 48.0 Å². The van der Waals surface area contributed by atoms with Gasteiger partial charge in [0.15, 0.2) is 6.61 Å². The van der Waals surface area contributed by atoms with Crippen molar-refractivity contribution in [2.45, 2.75) is 25.7 Å². The molecular weight excluding hydrogens is 344 g/mol. The molecule has 0 atom stereocenters. The molecule has 6 heteroatoms. The van der Waals surface area contributed by atoms with Crippen LogP contribution in [0.4, 0.5) is 0 Å². The first-order valence-corrected chi connectivity index (χ1v) is 8.98. The van der Waals surface area contributed by atoms with Gasteiger partial charge < -0.3 is 14.3 Å². The van der Waals surface area contributed by atoms with Gasteiger partial charge in [0.05, 0.1) is 6.21 Å². The third-order valence-electron chi connectivity index (χ3n) is 4.63. The van der Waals surface area contributed by atoms with Crippen LogP contribution in [0.1, 0.15) is 29.7 Å². The number of amides is 1. The van der Waals surface area contributed by atoms with Crippen molar-refractivity contribution >= 4 is 23.1 Å². The number of nitrogens with zero attached hydrogens (tertiary/aromatic N) is 1. The predicted molar refractivity (Wildman–Crippen MR) is 102 cm³/mol. The van der Waals surface area contributed by atoms with Crippen molar-refractivity contribution in [1.29, 1.82) is 0 Å². The van der Waals surface area contributed by atoms with Crippen LogP contribution in [0.3, 0.4) is 0 Å². The molecule has 1 aliphatic rings. The molecule has 1 aliphatic carbocycles. The second-order valence-corrected chi connectivity index (χ2v) is 6.48. The molecule has 1 aromatic heterocycles. The Bertz CT molecular complexity index is 992. The fourth-order valence-corrected chi connectivity index (χ4v) is 3.37. The molecule has 0 saturated heterocycles. The summed E-state index contributed by atoms with van der Waals surface area (Å²) in [4.78, 5) is 11.9. The number of phenols is 1. The molecule has 2 aromatic carbocycles. The molecule has 0 radical (unpaired) electrons. The molecule has 0 unspecified atom stereocenters. The highest BCUT2D eigenvalue weighted by atomic mass is 16.5. The maximum atomic E-state index is 11.9. The Balaban J connectivity index is 1.48. The number of rotatable bonds is 5. The highest BCUT2D eigenvalue weighted by Crippen LogP contribution is 2.36. The molecule has 4 rings (SSSR count). The summed E-state index contributed by atoms with van der Waals surface area (Å²) in [5.41, 5.74) is 4.86. The first-order valence-electron chi connectivity index (χ1n) is 8.98. The van der Waals surface area contributed by atoms with Gasteiger partial charge >= 0.3 is 0 Å². The lowest BCUT2D eigenvalue weighted by molar-refractivity contribution is -0.123. The number of phenolic OH excluding ortho intramolecular Hbond substituents is 1. The molecule has 0 spiro atoms. The normalized spacial score (nSPS) is 13.6. The quantitative estimate of drug-likeness (QED) is 0.536. The minimum absolute atomic E-state index is 0.107. The predicted octanol–water partition coefficient (Wildman–Crippen LogP) is 3.55. The number of carbonyl (C=O) groups excluding carboxylic acids is 1. The van der Waals surface area contributed by atoms with Crippen LogP contribution in [0.2, 0.25) is 0 Å². The molecule has 1 amide bonds. The third kappa shape index (κ3) is 3.65. The highest BCUT2D eigenvalue weighted by Gasteiger charge is 2.21. The summed E-state index contributed by atoms with van der Waals surface area (Å²) in [7, 11) is 0. The molecule has 3 aromatic rings. The number of nitrogens with one attached hydrogen (secondary N) is 1. The number of aromatic hydroxyl groups is 1. The average Bonchev–Trinajstić information content (AvgIpc) is 3.08. The summed E-state index contributed by atoms with van der Waals surface area (Å²) in [5.74, 6) is 1.33. The van der Waals surface area contributed by atoms with Crippen molar-refractivity contribution in [3.05, 3.63) is 59.4 Å². The summed E-state index contributed by atoms with van der Waals surface area (Å²) in [6.07, 6.45) is 5.50. The van der Waals surface area contributed by atoms with Crippen LogP contribution in [-0.2, 0) is 17.6 Å².